The maximum absolute atomic E-state index is 13.0. The van der Waals surface area contributed by atoms with Gasteiger partial charge in [0.05, 0.1) is 22.4 Å². The average molecular weight is 496 g/mol. The summed E-state index contributed by atoms with van der Waals surface area (Å²) in [5, 5.41) is 15.1. The number of aromatic nitrogens is 3. The Hall–Kier alpha value is -2.62. The second kappa shape index (κ2) is 10.8. The molecule has 168 valence electrons. The maximum Gasteiger partial charge on any atom is 0.253 e. The van der Waals surface area contributed by atoms with Crippen molar-refractivity contribution in [1.29, 1.82) is 0 Å². The lowest BCUT2D eigenvalue weighted by Gasteiger charge is -2.15. The average Bonchev–Trinajstić information content (AvgIpc) is 3.17. The molecule has 0 spiro atoms. The van der Waals surface area contributed by atoms with Gasteiger partial charge < -0.3 is 15.2 Å². The maximum atomic E-state index is 13.0. The summed E-state index contributed by atoms with van der Waals surface area (Å²) in [4.78, 5) is 24.8. The smallest absolute Gasteiger partial charge is 0.253 e. The van der Waals surface area contributed by atoms with Crippen LogP contribution in [0, 0.1) is 5.82 Å². The van der Waals surface area contributed by atoms with Gasteiger partial charge in [-0.05, 0) is 56.3 Å². The predicted octanol–water partition coefficient (Wildman–Crippen LogP) is 4.97. The number of anilines is 1. The number of carbonyl (C=O) groups excluding carboxylic acids is 2. The lowest BCUT2D eigenvalue weighted by atomic mass is 10.2. The molecule has 3 rings (SSSR count). The Bertz CT molecular complexity index is 1120. The first-order valence-corrected chi connectivity index (χ1v) is 11.4. The van der Waals surface area contributed by atoms with Crippen LogP contribution in [-0.2, 0) is 11.3 Å². The van der Waals surface area contributed by atoms with Gasteiger partial charge in [0, 0.05) is 17.3 Å². The summed E-state index contributed by atoms with van der Waals surface area (Å²) in [6.45, 7) is 4.25. The van der Waals surface area contributed by atoms with Crippen molar-refractivity contribution in [3.05, 3.63) is 69.7 Å². The molecule has 0 bridgehead atoms. The molecule has 0 unspecified atom stereocenters. The first kappa shape index (κ1) is 24.0. The molecule has 32 heavy (non-hydrogen) atoms. The van der Waals surface area contributed by atoms with Crippen molar-refractivity contribution in [3.63, 3.8) is 0 Å². The first-order valence-electron chi connectivity index (χ1n) is 9.65. The van der Waals surface area contributed by atoms with Crippen LogP contribution in [0.25, 0.3) is 0 Å². The minimum absolute atomic E-state index is 0.0939. The number of halogens is 3. The van der Waals surface area contributed by atoms with Crippen LogP contribution in [0.4, 0.5) is 10.1 Å². The summed E-state index contributed by atoms with van der Waals surface area (Å²) < 4.78 is 14.8. The number of hydrogen-bond acceptors (Lipinski definition) is 5. The Balaban J connectivity index is 1.63. The zero-order valence-electron chi connectivity index (χ0n) is 17.2. The van der Waals surface area contributed by atoms with Crippen LogP contribution in [0.3, 0.4) is 0 Å². The Kier molecular flexibility index (Phi) is 8.11. The standard InChI is InChI=1S/C21H20Cl2FN5O2S/c1-3-29-19(12(2)25-20(31)16-9-4-13(22)10-17(16)23)27-28-21(29)32-11-18(30)26-15-7-5-14(24)6-8-15/h4-10,12H,3,11H2,1-2H3,(H,25,31)(H,26,30)/t12-/m0/s1. The minimum Gasteiger partial charge on any atom is -0.342 e. The molecule has 3 aromatic rings. The molecule has 1 aromatic heterocycles. The number of hydrogen-bond donors (Lipinski definition) is 2. The van der Waals surface area contributed by atoms with Crippen molar-refractivity contribution >= 4 is 52.5 Å². The van der Waals surface area contributed by atoms with Crippen molar-refractivity contribution in [2.24, 2.45) is 0 Å². The second-order valence-corrected chi connectivity index (χ2v) is 8.53. The van der Waals surface area contributed by atoms with Crippen molar-refractivity contribution in [1.82, 2.24) is 20.1 Å². The topological polar surface area (TPSA) is 88.9 Å². The van der Waals surface area contributed by atoms with Crippen molar-refractivity contribution in [2.45, 2.75) is 31.6 Å². The van der Waals surface area contributed by atoms with Crippen molar-refractivity contribution in [2.75, 3.05) is 11.1 Å². The summed E-state index contributed by atoms with van der Waals surface area (Å²) in [6.07, 6.45) is 0. The molecule has 2 aromatic carbocycles. The molecule has 11 heteroatoms. The van der Waals surface area contributed by atoms with Crippen LogP contribution < -0.4 is 10.6 Å². The highest BCUT2D eigenvalue weighted by atomic mass is 35.5. The lowest BCUT2D eigenvalue weighted by Crippen LogP contribution is -2.29. The van der Waals surface area contributed by atoms with Crippen molar-refractivity contribution < 1.29 is 14.0 Å². The lowest BCUT2D eigenvalue weighted by molar-refractivity contribution is -0.113. The number of thioether (sulfide) groups is 1. The molecular weight excluding hydrogens is 476 g/mol. The van der Waals surface area contributed by atoms with E-state index in [4.69, 9.17) is 23.2 Å². The van der Waals surface area contributed by atoms with E-state index in [-0.39, 0.29) is 28.4 Å². The molecule has 0 radical (unpaired) electrons. The van der Waals surface area contributed by atoms with E-state index in [0.29, 0.717) is 33.8 Å². The zero-order chi connectivity index (χ0) is 23.3. The largest absolute Gasteiger partial charge is 0.342 e. The number of carbonyl (C=O) groups is 2. The van der Waals surface area contributed by atoms with Crippen LogP contribution in [0.2, 0.25) is 10.0 Å². The quantitative estimate of drug-likeness (QED) is 0.430. The van der Waals surface area contributed by atoms with Gasteiger partial charge in [0.25, 0.3) is 5.91 Å². The molecule has 0 aliphatic carbocycles. The van der Waals surface area contributed by atoms with Gasteiger partial charge in [-0.1, -0.05) is 35.0 Å². The summed E-state index contributed by atoms with van der Waals surface area (Å²) in [5.41, 5.74) is 0.810. The van der Waals surface area contributed by atoms with Crippen LogP contribution in [0.15, 0.2) is 47.6 Å². The van der Waals surface area contributed by atoms with Gasteiger partial charge in [-0.25, -0.2) is 4.39 Å². The SMILES string of the molecule is CCn1c(SCC(=O)Nc2ccc(F)cc2)nnc1[C@H](C)NC(=O)c1ccc(Cl)cc1Cl. The van der Waals surface area contributed by atoms with Crippen LogP contribution >= 0.6 is 35.0 Å². The number of nitrogens with zero attached hydrogens (tertiary/aromatic N) is 3. The van der Waals surface area contributed by atoms with Crippen LogP contribution in [-0.4, -0.2) is 32.3 Å². The fourth-order valence-electron chi connectivity index (χ4n) is 2.90. The van der Waals surface area contributed by atoms with E-state index in [1.54, 1.807) is 19.1 Å². The van der Waals surface area contributed by atoms with E-state index >= 15 is 0 Å². The highest BCUT2D eigenvalue weighted by Gasteiger charge is 2.21. The Morgan fingerprint density at radius 2 is 1.88 bits per heavy atom. The molecule has 1 heterocycles. The van der Waals surface area contributed by atoms with Gasteiger partial charge in [-0.3, -0.25) is 9.59 Å². The van der Waals surface area contributed by atoms with Crippen molar-refractivity contribution in [3.8, 4) is 0 Å². The van der Waals surface area contributed by atoms with E-state index in [2.05, 4.69) is 20.8 Å². The Morgan fingerprint density at radius 3 is 2.53 bits per heavy atom. The highest BCUT2D eigenvalue weighted by molar-refractivity contribution is 7.99. The molecule has 0 aliphatic rings. The summed E-state index contributed by atoms with van der Waals surface area (Å²) in [7, 11) is 0. The van der Waals surface area contributed by atoms with Gasteiger partial charge in [0.2, 0.25) is 5.91 Å². The number of rotatable bonds is 8. The molecule has 0 aliphatic heterocycles. The minimum atomic E-state index is -0.455. The van der Waals surface area contributed by atoms with E-state index < -0.39 is 6.04 Å². The third-order valence-corrected chi connectivity index (χ3v) is 5.95. The second-order valence-electron chi connectivity index (χ2n) is 6.75. The zero-order valence-corrected chi connectivity index (χ0v) is 19.6. The molecule has 2 amide bonds. The Labute approximate surface area is 198 Å². The highest BCUT2D eigenvalue weighted by Crippen LogP contribution is 2.24. The predicted molar refractivity (Wildman–Crippen MR) is 124 cm³/mol. The normalized spacial score (nSPS) is 11.8. The molecule has 2 N–H and O–H groups in total. The molecular formula is C21H20Cl2FN5O2S. The third-order valence-electron chi connectivity index (χ3n) is 4.43. The molecule has 0 saturated heterocycles. The fourth-order valence-corrected chi connectivity index (χ4v) is 4.20. The van der Waals surface area contributed by atoms with Gasteiger partial charge in [-0.15, -0.1) is 10.2 Å². The molecule has 0 fully saturated rings. The van der Waals surface area contributed by atoms with Gasteiger partial charge in [0.15, 0.2) is 11.0 Å². The van der Waals surface area contributed by atoms with E-state index in [9.17, 15) is 14.0 Å². The summed E-state index contributed by atoms with van der Waals surface area (Å²) in [5.74, 6) is -0.352. The van der Waals surface area contributed by atoms with E-state index in [0.717, 1.165) is 0 Å². The van der Waals surface area contributed by atoms with Crippen LogP contribution in [0.1, 0.15) is 36.1 Å². The monoisotopic (exact) mass is 495 g/mol. The number of benzene rings is 2. The Morgan fingerprint density at radius 1 is 1.16 bits per heavy atom. The van der Waals surface area contributed by atoms with Crippen LogP contribution in [0.5, 0.6) is 0 Å². The number of nitrogens with one attached hydrogen (secondary N) is 2. The van der Waals surface area contributed by atoms with E-state index in [1.807, 2.05) is 11.5 Å². The summed E-state index contributed by atoms with van der Waals surface area (Å²) in [6, 6.07) is 9.72. The molecule has 7 nitrogen and oxygen atoms in total. The van der Waals surface area contributed by atoms with Gasteiger partial charge in [0.1, 0.15) is 5.82 Å². The first-order chi connectivity index (χ1) is 15.3. The molecule has 1 atom stereocenters. The molecule has 0 saturated carbocycles. The fraction of sp³-hybridized carbons (Fsp3) is 0.238. The summed E-state index contributed by atoms with van der Waals surface area (Å²) >= 11 is 13.2. The number of amides is 2. The van der Waals surface area contributed by atoms with Gasteiger partial charge in [-0.2, -0.15) is 0 Å². The third kappa shape index (κ3) is 5.99. The van der Waals surface area contributed by atoms with Gasteiger partial charge >= 0.3 is 0 Å². The van der Waals surface area contributed by atoms with E-state index in [1.165, 1.54) is 42.1 Å².